The van der Waals surface area contributed by atoms with Gasteiger partial charge in [0.2, 0.25) is 5.91 Å². The average molecular weight is 352 g/mol. The Balaban J connectivity index is 2.00. The summed E-state index contributed by atoms with van der Waals surface area (Å²) in [6.07, 6.45) is 1.80. The molecule has 24 heavy (non-hydrogen) atoms. The molecule has 1 aliphatic rings. The lowest BCUT2D eigenvalue weighted by Gasteiger charge is -2.16. The molecule has 1 N–H and O–H groups in total. The van der Waals surface area contributed by atoms with Crippen LogP contribution in [0.1, 0.15) is 26.7 Å². The number of hydrogen-bond acceptors (Lipinski definition) is 5. The van der Waals surface area contributed by atoms with E-state index in [-0.39, 0.29) is 17.7 Å². The van der Waals surface area contributed by atoms with E-state index in [2.05, 4.69) is 5.32 Å². The Morgan fingerprint density at radius 2 is 1.92 bits per heavy atom. The van der Waals surface area contributed by atoms with E-state index in [1.165, 1.54) is 11.8 Å². The van der Waals surface area contributed by atoms with Crippen molar-refractivity contribution in [1.82, 2.24) is 4.90 Å². The Morgan fingerprint density at radius 3 is 2.54 bits per heavy atom. The van der Waals surface area contributed by atoms with Gasteiger partial charge in [0.1, 0.15) is 6.54 Å². The number of ether oxygens (including phenoxy) is 2. The molecule has 0 saturated carbocycles. The fraction of sp³-hybridized carbons (Fsp3) is 0.529. The van der Waals surface area contributed by atoms with Gasteiger partial charge in [0, 0.05) is 24.1 Å². The molecule has 6 nitrogen and oxygen atoms in total. The largest absolute Gasteiger partial charge is 0.490 e. The second-order valence-corrected chi connectivity index (χ2v) is 6.49. The minimum absolute atomic E-state index is 0.0413. The highest BCUT2D eigenvalue weighted by atomic mass is 32.2. The molecule has 1 aromatic carbocycles. The summed E-state index contributed by atoms with van der Waals surface area (Å²) >= 11 is 1.25. The van der Waals surface area contributed by atoms with E-state index in [0.717, 1.165) is 18.6 Å². The third kappa shape index (κ3) is 5.33. The molecule has 0 aromatic heterocycles. The number of benzene rings is 1. The predicted molar refractivity (Wildman–Crippen MR) is 96.1 cm³/mol. The summed E-state index contributed by atoms with van der Waals surface area (Å²) in [4.78, 5) is 25.2. The van der Waals surface area contributed by atoms with Crippen molar-refractivity contribution in [3.8, 4) is 11.5 Å². The zero-order chi connectivity index (χ0) is 17.4. The van der Waals surface area contributed by atoms with Gasteiger partial charge in [-0.25, -0.2) is 0 Å². The number of carbonyl (C=O) groups is 2. The van der Waals surface area contributed by atoms with Gasteiger partial charge in [0.05, 0.1) is 13.2 Å². The monoisotopic (exact) mass is 352 g/mol. The Hall–Kier alpha value is -1.89. The minimum atomic E-state index is -0.213. The second kappa shape index (κ2) is 9.42. The van der Waals surface area contributed by atoms with Crippen molar-refractivity contribution in [3.05, 3.63) is 18.2 Å². The fourth-order valence-corrected chi connectivity index (χ4v) is 3.01. The van der Waals surface area contributed by atoms with Crippen molar-refractivity contribution in [2.45, 2.75) is 26.7 Å². The first-order valence-corrected chi connectivity index (χ1v) is 9.23. The maximum atomic E-state index is 12.1. The van der Waals surface area contributed by atoms with Crippen LogP contribution in [0.4, 0.5) is 10.5 Å². The van der Waals surface area contributed by atoms with Crippen molar-refractivity contribution < 1.29 is 19.1 Å². The van der Waals surface area contributed by atoms with E-state index in [9.17, 15) is 9.59 Å². The van der Waals surface area contributed by atoms with Crippen LogP contribution >= 0.6 is 11.8 Å². The van der Waals surface area contributed by atoms with E-state index >= 15 is 0 Å². The average Bonchev–Trinajstić information content (AvgIpc) is 2.96. The topological polar surface area (TPSA) is 67.9 Å². The van der Waals surface area contributed by atoms with Gasteiger partial charge < -0.3 is 19.7 Å². The first kappa shape index (κ1) is 18.4. The summed E-state index contributed by atoms with van der Waals surface area (Å²) in [7, 11) is 0. The van der Waals surface area contributed by atoms with Crippen molar-refractivity contribution in [2.24, 2.45) is 0 Å². The molecule has 1 aliphatic heterocycles. The highest BCUT2D eigenvalue weighted by molar-refractivity contribution is 8.13. The smallest absolute Gasteiger partial charge is 0.282 e. The third-order valence-corrected chi connectivity index (χ3v) is 4.22. The van der Waals surface area contributed by atoms with E-state index in [1.54, 1.807) is 23.1 Å². The van der Waals surface area contributed by atoms with Crippen LogP contribution in [0.2, 0.25) is 0 Å². The van der Waals surface area contributed by atoms with Gasteiger partial charge in [-0.05, 0) is 25.0 Å². The zero-order valence-electron chi connectivity index (χ0n) is 14.2. The second-order valence-electron chi connectivity index (χ2n) is 5.44. The van der Waals surface area contributed by atoms with E-state index in [1.807, 2.05) is 13.8 Å². The van der Waals surface area contributed by atoms with Crippen molar-refractivity contribution in [3.63, 3.8) is 0 Å². The quantitative estimate of drug-likeness (QED) is 0.738. The minimum Gasteiger partial charge on any atom is -0.490 e. The van der Waals surface area contributed by atoms with Gasteiger partial charge in [-0.3, -0.25) is 9.59 Å². The van der Waals surface area contributed by atoms with Crippen LogP contribution in [-0.4, -0.2) is 48.1 Å². The standard InChI is InChI=1S/C17H24N2O4S/c1-3-8-22-14-6-5-13(11-15(14)23-9-4-2)18-16(20)12-19-7-10-24-17(19)21/h5-6,11H,3-4,7-10,12H2,1-2H3,(H,18,20). The molecule has 1 fully saturated rings. The first-order chi connectivity index (χ1) is 11.6. The number of thioether (sulfide) groups is 1. The molecule has 0 aliphatic carbocycles. The molecule has 0 atom stereocenters. The van der Waals surface area contributed by atoms with Crippen molar-refractivity contribution >= 4 is 28.6 Å². The summed E-state index contributed by atoms with van der Waals surface area (Å²) < 4.78 is 11.4. The molecule has 0 spiro atoms. The van der Waals surface area contributed by atoms with Gasteiger partial charge in [0.25, 0.3) is 5.24 Å². The van der Waals surface area contributed by atoms with Gasteiger partial charge in [-0.2, -0.15) is 0 Å². The molecule has 132 valence electrons. The number of rotatable bonds is 9. The molecule has 1 aromatic rings. The number of anilines is 1. The number of nitrogens with one attached hydrogen (secondary N) is 1. The molecule has 2 amide bonds. The van der Waals surface area contributed by atoms with Gasteiger partial charge in [-0.15, -0.1) is 0 Å². The normalized spacial score (nSPS) is 13.9. The lowest BCUT2D eigenvalue weighted by Crippen LogP contribution is -2.33. The van der Waals surface area contributed by atoms with Crippen LogP contribution in [0, 0.1) is 0 Å². The summed E-state index contributed by atoms with van der Waals surface area (Å²) in [6, 6.07) is 5.34. The molecule has 7 heteroatoms. The number of hydrogen-bond donors (Lipinski definition) is 1. The molecule has 1 heterocycles. The Bertz CT molecular complexity index is 580. The van der Waals surface area contributed by atoms with Crippen molar-refractivity contribution in [2.75, 3.05) is 37.4 Å². The summed E-state index contributed by atoms with van der Waals surface area (Å²) in [5, 5.41) is 2.77. The van der Waals surface area contributed by atoms with Gasteiger partial charge in [0.15, 0.2) is 11.5 Å². The number of amides is 2. The lowest BCUT2D eigenvalue weighted by molar-refractivity contribution is -0.116. The summed E-state index contributed by atoms with van der Waals surface area (Å²) in [5.41, 5.74) is 0.634. The fourth-order valence-electron chi connectivity index (χ4n) is 2.19. The van der Waals surface area contributed by atoms with Crippen LogP contribution < -0.4 is 14.8 Å². The van der Waals surface area contributed by atoms with Crippen molar-refractivity contribution in [1.29, 1.82) is 0 Å². The third-order valence-electron chi connectivity index (χ3n) is 3.33. The van der Waals surface area contributed by atoms with E-state index in [4.69, 9.17) is 9.47 Å². The first-order valence-electron chi connectivity index (χ1n) is 8.25. The maximum absolute atomic E-state index is 12.1. The predicted octanol–water partition coefficient (Wildman–Crippen LogP) is 3.37. The molecule has 2 rings (SSSR count). The molecule has 1 saturated heterocycles. The molecular weight excluding hydrogens is 328 g/mol. The molecule has 0 bridgehead atoms. The number of nitrogens with zero attached hydrogens (tertiary/aromatic N) is 1. The highest BCUT2D eigenvalue weighted by Crippen LogP contribution is 2.31. The molecular formula is C17H24N2O4S. The van der Waals surface area contributed by atoms with Gasteiger partial charge >= 0.3 is 0 Å². The summed E-state index contributed by atoms with van der Waals surface area (Å²) in [5.74, 6) is 1.82. The van der Waals surface area contributed by atoms with Crippen LogP contribution in [0.3, 0.4) is 0 Å². The Labute approximate surface area is 146 Å². The number of carbonyl (C=O) groups excluding carboxylic acids is 2. The van der Waals surface area contributed by atoms with Gasteiger partial charge in [-0.1, -0.05) is 25.6 Å². The Morgan fingerprint density at radius 1 is 1.21 bits per heavy atom. The van der Waals surface area contributed by atoms with E-state index in [0.29, 0.717) is 36.9 Å². The van der Waals surface area contributed by atoms with E-state index < -0.39 is 0 Å². The summed E-state index contributed by atoms with van der Waals surface area (Å²) in [6.45, 7) is 5.96. The molecule has 0 radical (unpaired) electrons. The SMILES string of the molecule is CCCOc1ccc(NC(=O)CN2CCSC2=O)cc1OCCC. The van der Waals surface area contributed by atoms with Crippen LogP contribution in [0.25, 0.3) is 0 Å². The zero-order valence-corrected chi connectivity index (χ0v) is 15.0. The molecule has 0 unspecified atom stereocenters. The van der Waals surface area contributed by atoms with Crippen LogP contribution in [0.15, 0.2) is 18.2 Å². The van der Waals surface area contributed by atoms with Crippen LogP contribution in [0.5, 0.6) is 11.5 Å². The lowest BCUT2D eigenvalue weighted by atomic mass is 10.2. The Kier molecular flexibility index (Phi) is 7.24. The maximum Gasteiger partial charge on any atom is 0.282 e. The van der Waals surface area contributed by atoms with Crippen LogP contribution in [-0.2, 0) is 4.79 Å². The highest BCUT2D eigenvalue weighted by Gasteiger charge is 2.23.